The van der Waals surface area contributed by atoms with Crippen molar-refractivity contribution in [2.75, 3.05) is 0 Å². The summed E-state index contributed by atoms with van der Waals surface area (Å²) in [6.45, 7) is 0. The summed E-state index contributed by atoms with van der Waals surface area (Å²) >= 11 is 0. The molecular formula is C10H8N2O. The third-order valence-corrected chi connectivity index (χ3v) is 1.88. The molecule has 3 nitrogen and oxygen atoms in total. The average molecular weight is 172 g/mol. The molecule has 0 atom stereocenters. The molecule has 2 rings (SSSR count). The Hall–Kier alpha value is -1.90. The fourth-order valence-corrected chi connectivity index (χ4v) is 1.26. The van der Waals surface area contributed by atoms with Crippen LogP contribution in [0.2, 0.25) is 0 Å². The van der Waals surface area contributed by atoms with Gasteiger partial charge >= 0.3 is 0 Å². The molecule has 0 aliphatic carbocycles. The molecule has 3 heteroatoms. The summed E-state index contributed by atoms with van der Waals surface area (Å²) in [6, 6.07) is 9.22. The van der Waals surface area contributed by atoms with Crippen molar-refractivity contribution in [1.82, 2.24) is 4.98 Å². The Balaban J connectivity index is 3.04. The van der Waals surface area contributed by atoms with Gasteiger partial charge in [0.1, 0.15) is 5.36 Å². The Kier molecular flexibility index (Phi) is 1.92. The van der Waals surface area contributed by atoms with Crippen LogP contribution in [0.25, 0.3) is 10.8 Å². The Morgan fingerprint density at radius 1 is 1.15 bits per heavy atom. The van der Waals surface area contributed by atoms with Crippen LogP contribution in [0.3, 0.4) is 0 Å². The number of aromatic nitrogens is 1. The van der Waals surface area contributed by atoms with Gasteiger partial charge in [0, 0.05) is 23.2 Å². The Morgan fingerprint density at radius 3 is 2.85 bits per heavy atom. The standard InChI is InChI=1S/C10H8N2O/c13-12-10-4-2-1-3-8-7-11-6-5-9(8)10/h1-7,13H/b12-10-. The van der Waals surface area contributed by atoms with Gasteiger partial charge in [-0.25, -0.2) is 0 Å². The molecule has 0 aliphatic rings. The van der Waals surface area contributed by atoms with E-state index >= 15 is 0 Å². The maximum atomic E-state index is 8.75. The molecular weight excluding hydrogens is 164 g/mol. The molecule has 0 fully saturated rings. The monoisotopic (exact) mass is 172 g/mol. The highest BCUT2D eigenvalue weighted by molar-refractivity contribution is 5.80. The summed E-state index contributed by atoms with van der Waals surface area (Å²) in [5, 5.41) is 14.4. The molecule has 64 valence electrons. The van der Waals surface area contributed by atoms with Crippen LogP contribution < -0.4 is 5.36 Å². The molecule has 1 heterocycles. The van der Waals surface area contributed by atoms with E-state index < -0.39 is 0 Å². The first-order valence-electron chi connectivity index (χ1n) is 3.93. The summed E-state index contributed by atoms with van der Waals surface area (Å²) < 4.78 is 0. The topological polar surface area (TPSA) is 45.5 Å². The minimum absolute atomic E-state index is 0.558. The summed E-state index contributed by atoms with van der Waals surface area (Å²) in [5.74, 6) is 0. The van der Waals surface area contributed by atoms with Crippen LogP contribution in [0, 0.1) is 0 Å². The minimum Gasteiger partial charge on any atom is -0.410 e. The van der Waals surface area contributed by atoms with Crippen LogP contribution in [0.5, 0.6) is 0 Å². The molecule has 2 aromatic rings. The van der Waals surface area contributed by atoms with Gasteiger partial charge < -0.3 is 5.21 Å². The molecule has 0 aliphatic heterocycles. The van der Waals surface area contributed by atoms with Gasteiger partial charge in [-0.15, -0.1) is 0 Å². The van der Waals surface area contributed by atoms with Crippen molar-refractivity contribution in [1.29, 1.82) is 0 Å². The molecule has 13 heavy (non-hydrogen) atoms. The van der Waals surface area contributed by atoms with E-state index in [-0.39, 0.29) is 0 Å². The van der Waals surface area contributed by atoms with Crippen LogP contribution in [0.4, 0.5) is 0 Å². The Morgan fingerprint density at radius 2 is 2.00 bits per heavy atom. The maximum Gasteiger partial charge on any atom is 0.110 e. The van der Waals surface area contributed by atoms with Crippen molar-refractivity contribution in [3.05, 3.63) is 48.1 Å². The third kappa shape index (κ3) is 1.36. The van der Waals surface area contributed by atoms with E-state index in [2.05, 4.69) is 10.1 Å². The first-order chi connectivity index (χ1) is 6.42. The molecule has 0 saturated carbocycles. The highest BCUT2D eigenvalue weighted by Crippen LogP contribution is 2.04. The van der Waals surface area contributed by atoms with Gasteiger partial charge in [0.25, 0.3) is 0 Å². The Bertz CT molecular complexity index is 494. The molecule has 1 aromatic heterocycles. The zero-order valence-corrected chi connectivity index (χ0v) is 6.88. The second kappa shape index (κ2) is 3.23. The predicted octanol–water partition coefficient (Wildman–Crippen LogP) is 1.52. The minimum atomic E-state index is 0.558. The van der Waals surface area contributed by atoms with E-state index in [0.29, 0.717) is 5.36 Å². The van der Waals surface area contributed by atoms with Crippen LogP contribution in [0.1, 0.15) is 0 Å². The summed E-state index contributed by atoms with van der Waals surface area (Å²) in [7, 11) is 0. The largest absolute Gasteiger partial charge is 0.410 e. The lowest BCUT2D eigenvalue weighted by molar-refractivity contribution is 0.303. The van der Waals surface area contributed by atoms with Crippen molar-refractivity contribution in [3.63, 3.8) is 0 Å². The second-order valence-corrected chi connectivity index (χ2v) is 2.67. The molecule has 0 spiro atoms. The lowest BCUT2D eigenvalue weighted by Crippen LogP contribution is -1.98. The van der Waals surface area contributed by atoms with Crippen molar-refractivity contribution in [2.24, 2.45) is 5.16 Å². The SMILES string of the molecule is O/N=c1/ccccc2cnccc12. The molecule has 1 N–H and O–H groups in total. The highest BCUT2D eigenvalue weighted by atomic mass is 16.4. The van der Waals surface area contributed by atoms with Crippen LogP contribution in [-0.2, 0) is 0 Å². The predicted molar refractivity (Wildman–Crippen MR) is 49.1 cm³/mol. The van der Waals surface area contributed by atoms with Gasteiger partial charge in [-0.2, -0.15) is 0 Å². The molecule has 0 saturated heterocycles. The lowest BCUT2D eigenvalue weighted by Gasteiger charge is -1.88. The van der Waals surface area contributed by atoms with Crippen LogP contribution in [0.15, 0.2) is 47.9 Å². The number of hydrogen-bond donors (Lipinski definition) is 1. The van der Waals surface area contributed by atoms with E-state index in [1.807, 2.05) is 24.3 Å². The highest BCUT2D eigenvalue weighted by Gasteiger charge is 1.91. The van der Waals surface area contributed by atoms with Crippen molar-refractivity contribution in [3.8, 4) is 0 Å². The van der Waals surface area contributed by atoms with E-state index in [0.717, 1.165) is 10.8 Å². The van der Waals surface area contributed by atoms with Crippen molar-refractivity contribution < 1.29 is 5.21 Å². The summed E-state index contributed by atoms with van der Waals surface area (Å²) in [4.78, 5) is 3.99. The normalized spacial score (nSPS) is 11.8. The lowest BCUT2D eigenvalue weighted by atomic mass is 10.2. The molecule has 0 unspecified atom stereocenters. The number of fused-ring (bicyclic) bond motifs is 1. The molecule has 0 amide bonds. The van der Waals surface area contributed by atoms with Gasteiger partial charge in [0.05, 0.1) is 0 Å². The smallest absolute Gasteiger partial charge is 0.110 e. The van der Waals surface area contributed by atoms with Crippen LogP contribution >= 0.6 is 0 Å². The first-order valence-corrected chi connectivity index (χ1v) is 3.93. The quantitative estimate of drug-likeness (QED) is 0.483. The van der Waals surface area contributed by atoms with Crippen LogP contribution in [-0.4, -0.2) is 10.2 Å². The fourth-order valence-electron chi connectivity index (χ4n) is 1.26. The third-order valence-electron chi connectivity index (χ3n) is 1.88. The number of nitrogens with zero attached hydrogens (tertiary/aromatic N) is 2. The van der Waals surface area contributed by atoms with Gasteiger partial charge in [-0.3, -0.25) is 4.98 Å². The van der Waals surface area contributed by atoms with E-state index in [4.69, 9.17) is 5.21 Å². The molecule has 0 bridgehead atoms. The van der Waals surface area contributed by atoms with E-state index in [1.165, 1.54) is 0 Å². The molecule has 1 aromatic carbocycles. The zero-order valence-electron chi connectivity index (χ0n) is 6.88. The fraction of sp³-hybridized carbons (Fsp3) is 0. The van der Waals surface area contributed by atoms with Gasteiger partial charge in [-0.05, 0) is 12.1 Å². The first kappa shape index (κ1) is 7.73. The zero-order chi connectivity index (χ0) is 9.10. The van der Waals surface area contributed by atoms with E-state index in [9.17, 15) is 0 Å². The summed E-state index contributed by atoms with van der Waals surface area (Å²) in [5.41, 5.74) is 0. The van der Waals surface area contributed by atoms with Crippen molar-refractivity contribution in [2.45, 2.75) is 0 Å². The maximum absolute atomic E-state index is 8.75. The molecule has 0 radical (unpaired) electrons. The van der Waals surface area contributed by atoms with Crippen molar-refractivity contribution >= 4 is 10.8 Å². The second-order valence-electron chi connectivity index (χ2n) is 2.67. The van der Waals surface area contributed by atoms with Gasteiger partial charge in [-0.1, -0.05) is 23.4 Å². The number of hydrogen-bond acceptors (Lipinski definition) is 3. The van der Waals surface area contributed by atoms with E-state index in [1.54, 1.807) is 18.5 Å². The van der Waals surface area contributed by atoms with Gasteiger partial charge in [0.15, 0.2) is 0 Å². The average Bonchev–Trinajstić information content (AvgIpc) is 2.39. The number of rotatable bonds is 0. The number of pyridine rings is 1. The van der Waals surface area contributed by atoms with Gasteiger partial charge in [0.2, 0.25) is 0 Å². The summed E-state index contributed by atoms with van der Waals surface area (Å²) in [6.07, 6.45) is 3.42. The Labute approximate surface area is 75.0 Å².